The number of anilines is 2. The van der Waals surface area contributed by atoms with E-state index in [1.165, 1.54) is 13.0 Å². The number of ketones is 1. The first kappa shape index (κ1) is 16.6. The van der Waals surface area contributed by atoms with Crippen LogP contribution in [0.1, 0.15) is 34.8 Å². The van der Waals surface area contributed by atoms with Crippen molar-refractivity contribution >= 4 is 35.0 Å². The van der Waals surface area contributed by atoms with Crippen molar-refractivity contribution in [2.45, 2.75) is 19.8 Å². The zero-order chi connectivity index (χ0) is 17.8. The molecule has 1 heterocycles. The fraction of sp³-hybridized carbons (Fsp3) is 0.150. The number of benzene rings is 2. The van der Waals surface area contributed by atoms with Gasteiger partial charge in [0.25, 0.3) is 0 Å². The lowest BCUT2D eigenvalue weighted by Gasteiger charge is -2.16. The number of amides is 2. The van der Waals surface area contributed by atoms with Gasteiger partial charge in [-0.15, -0.1) is 0 Å². The molecule has 0 aliphatic carbocycles. The number of nitrogens with one attached hydrogen (secondary N) is 2. The van der Waals surface area contributed by atoms with Crippen molar-refractivity contribution in [3.05, 3.63) is 65.2 Å². The van der Waals surface area contributed by atoms with Crippen LogP contribution in [-0.2, 0) is 16.0 Å². The maximum absolute atomic E-state index is 12.3. The van der Waals surface area contributed by atoms with Crippen molar-refractivity contribution < 1.29 is 14.4 Å². The summed E-state index contributed by atoms with van der Waals surface area (Å²) in [6.45, 7) is 1.45. The van der Waals surface area contributed by atoms with Gasteiger partial charge in [-0.2, -0.15) is 0 Å². The minimum atomic E-state index is -0.123. The van der Waals surface area contributed by atoms with E-state index >= 15 is 0 Å². The highest BCUT2D eigenvalue weighted by atomic mass is 16.2. The molecule has 2 amide bonds. The third kappa shape index (κ3) is 4.20. The van der Waals surface area contributed by atoms with Crippen LogP contribution in [0.4, 0.5) is 11.4 Å². The molecular formula is C20H18N2O3. The van der Waals surface area contributed by atoms with Crippen LogP contribution in [0.3, 0.4) is 0 Å². The Hall–Kier alpha value is -3.21. The zero-order valence-electron chi connectivity index (χ0n) is 13.8. The van der Waals surface area contributed by atoms with Crippen molar-refractivity contribution in [1.82, 2.24) is 0 Å². The smallest absolute Gasteiger partial charge is 0.224 e. The summed E-state index contributed by atoms with van der Waals surface area (Å²) in [6.07, 6.45) is 4.36. The van der Waals surface area contributed by atoms with Crippen LogP contribution in [0.15, 0.2) is 48.5 Å². The summed E-state index contributed by atoms with van der Waals surface area (Å²) >= 11 is 0. The van der Waals surface area contributed by atoms with Crippen LogP contribution in [0.2, 0.25) is 0 Å². The Kier molecular flexibility index (Phi) is 4.75. The Morgan fingerprint density at radius 3 is 2.56 bits per heavy atom. The molecule has 0 saturated carbocycles. The van der Waals surface area contributed by atoms with Crippen LogP contribution >= 0.6 is 0 Å². The number of aryl methyl sites for hydroxylation is 1. The Bertz CT molecular complexity index is 867. The highest BCUT2D eigenvalue weighted by Gasteiger charge is 2.15. The molecule has 2 aromatic rings. The highest BCUT2D eigenvalue weighted by molar-refractivity contribution is 6.07. The molecule has 5 nitrogen and oxygen atoms in total. The van der Waals surface area contributed by atoms with Crippen molar-refractivity contribution in [3.8, 4) is 0 Å². The van der Waals surface area contributed by atoms with E-state index in [0.29, 0.717) is 24.1 Å². The van der Waals surface area contributed by atoms with Crippen LogP contribution < -0.4 is 10.6 Å². The number of fused-ring (bicyclic) bond motifs is 1. The number of carbonyl (C=O) groups is 3. The molecule has 2 aromatic carbocycles. The van der Waals surface area contributed by atoms with Crippen molar-refractivity contribution in [1.29, 1.82) is 0 Å². The molecule has 0 atom stereocenters. The highest BCUT2D eigenvalue weighted by Crippen LogP contribution is 2.24. The maximum atomic E-state index is 12.3. The molecule has 25 heavy (non-hydrogen) atoms. The molecule has 0 radical (unpaired) electrons. The van der Waals surface area contributed by atoms with Crippen LogP contribution in [0.5, 0.6) is 0 Å². The van der Waals surface area contributed by atoms with E-state index in [1.807, 2.05) is 18.2 Å². The monoisotopic (exact) mass is 334 g/mol. The van der Waals surface area contributed by atoms with E-state index in [4.69, 9.17) is 0 Å². The van der Waals surface area contributed by atoms with Crippen LogP contribution in [0.25, 0.3) is 6.08 Å². The normalized spacial score (nSPS) is 13.2. The number of hydrogen-bond donors (Lipinski definition) is 2. The molecule has 126 valence electrons. The summed E-state index contributed by atoms with van der Waals surface area (Å²) < 4.78 is 0. The largest absolute Gasteiger partial charge is 0.326 e. The molecule has 1 aliphatic rings. The molecule has 3 rings (SSSR count). The van der Waals surface area contributed by atoms with Gasteiger partial charge >= 0.3 is 0 Å². The lowest BCUT2D eigenvalue weighted by atomic mass is 9.98. The van der Waals surface area contributed by atoms with Crippen LogP contribution in [0, 0.1) is 0 Å². The summed E-state index contributed by atoms with van der Waals surface area (Å²) in [6, 6.07) is 12.6. The molecule has 0 unspecified atom stereocenters. The van der Waals surface area contributed by atoms with Gasteiger partial charge < -0.3 is 10.6 Å². The van der Waals surface area contributed by atoms with Gasteiger partial charge in [-0.3, -0.25) is 14.4 Å². The van der Waals surface area contributed by atoms with E-state index in [2.05, 4.69) is 10.6 Å². The Morgan fingerprint density at radius 2 is 1.84 bits per heavy atom. The lowest BCUT2D eigenvalue weighted by molar-refractivity contribution is -0.116. The van der Waals surface area contributed by atoms with E-state index in [1.54, 1.807) is 30.3 Å². The summed E-state index contributed by atoms with van der Waals surface area (Å²) in [7, 11) is 0. The van der Waals surface area contributed by atoms with Gasteiger partial charge in [0.2, 0.25) is 11.8 Å². The molecule has 0 aromatic heterocycles. The zero-order valence-corrected chi connectivity index (χ0v) is 13.8. The van der Waals surface area contributed by atoms with Gasteiger partial charge in [0.1, 0.15) is 0 Å². The average molecular weight is 334 g/mol. The molecule has 5 heteroatoms. The fourth-order valence-electron chi connectivity index (χ4n) is 2.69. The van der Waals surface area contributed by atoms with Gasteiger partial charge in [-0.1, -0.05) is 18.2 Å². The Morgan fingerprint density at radius 1 is 1.08 bits per heavy atom. The second-order valence-corrected chi connectivity index (χ2v) is 5.92. The van der Waals surface area contributed by atoms with E-state index < -0.39 is 0 Å². The van der Waals surface area contributed by atoms with Gasteiger partial charge in [0.15, 0.2) is 5.78 Å². The first-order valence-electron chi connectivity index (χ1n) is 8.04. The van der Waals surface area contributed by atoms with E-state index in [0.717, 1.165) is 16.8 Å². The van der Waals surface area contributed by atoms with Gasteiger partial charge in [0, 0.05) is 30.3 Å². The molecule has 0 spiro atoms. The van der Waals surface area contributed by atoms with E-state index in [9.17, 15) is 14.4 Å². The Balaban J connectivity index is 1.70. The minimum Gasteiger partial charge on any atom is -0.326 e. The summed E-state index contributed by atoms with van der Waals surface area (Å²) in [5.41, 5.74) is 3.95. The minimum absolute atomic E-state index is 0.00850. The van der Waals surface area contributed by atoms with E-state index in [-0.39, 0.29) is 17.6 Å². The predicted molar refractivity (Wildman–Crippen MR) is 97.5 cm³/mol. The summed E-state index contributed by atoms with van der Waals surface area (Å²) in [5.74, 6) is -0.207. The standard InChI is InChI=1S/C20H18N2O3/c1-13(23)21-17-7-2-14(3-8-17)4-10-19(24)16-5-9-18-15(12-16)6-11-20(25)22-18/h2-5,7-10,12H,6,11H2,1H3,(H,21,23)(H,22,25)/b10-4+. The second kappa shape index (κ2) is 7.13. The average Bonchev–Trinajstić information content (AvgIpc) is 2.60. The number of allylic oxidation sites excluding steroid dienone is 1. The molecule has 1 aliphatic heterocycles. The quantitative estimate of drug-likeness (QED) is 0.664. The SMILES string of the molecule is CC(=O)Nc1ccc(/C=C/C(=O)c2ccc3c(c2)CCC(=O)N3)cc1. The maximum Gasteiger partial charge on any atom is 0.224 e. The number of hydrogen-bond acceptors (Lipinski definition) is 3. The second-order valence-electron chi connectivity index (χ2n) is 5.92. The topological polar surface area (TPSA) is 75.3 Å². The number of carbonyl (C=O) groups excluding carboxylic acids is 3. The third-order valence-electron chi connectivity index (χ3n) is 3.94. The third-order valence-corrected chi connectivity index (χ3v) is 3.94. The van der Waals surface area contributed by atoms with Gasteiger partial charge in [-0.05, 0) is 54.0 Å². The molecular weight excluding hydrogens is 316 g/mol. The number of rotatable bonds is 4. The summed E-state index contributed by atoms with van der Waals surface area (Å²) in [5, 5.41) is 5.50. The summed E-state index contributed by atoms with van der Waals surface area (Å²) in [4.78, 5) is 34.7. The molecule has 2 N–H and O–H groups in total. The van der Waals surface area contributed by atoms with Crippen molar-refractivity contribution in [2.75, 3.05) is 10.6 Å². The lowest BCUT2D eigenvalue weighted by Crippen LogP contribution is -2.19. The predicted octanol–water partition coefficient (Wildman–Crippen LogP) is 3.43. The first-order valence-corrected chi connectivity index (χ1v) is 8.04. The van der Waals surface area contributed by atoms with Crippen LogP contribution in [-0.4, -0.2) is 17.6 Å². The molecule has 0 bridgehead atoms. The molecule has 0 saturated heterocycles. The van der Waals surface area contributed by atoms with Gasteiger partial charge in [0.05, 0.1) is 0 Å². The van der Waals surface area contributed by atoms with Crippen molar-refractivity contribution in [2.24, 2.45) is 0 Å². The Labute approximate surface area is 145 Å². The fourth-order valence-corrected chi connectivity index (χ4v) is 2.69. The first-order chi connectivity index (χ1) is 12.0. The molecule has 0 fully saturated rings. The van der Waals surface area contributed by atoms with Gasteiger partial charge in [-0.25, -0.2) is 0 Å². The van der Waals surface area contributed by atoms with Crippen molar-refractivity contribution in [3.63, 3.8) is 0 Å².